The van der Waals surface area contributed by atoms with E-state index in [0.717, 1.165) is 6.29 Å². The lowest BCUT2D eigenvalue weighted by Gasteiger charge is -2.32. The maximum Gasteiger partial charge on any atom is 0.181 e. The molecule has 1 aliphatic carbocycles. The summed E-state index contributed by atoms with van der Waals surface area (Å²) < 4.78 is 10.9. The standard InChI is InChI=1S/C10H14O4/c1-9-5-7(6-11)14-10(9,13-2)4-3-8(9)12/h6-7H,3-5H2,1-2H3. The van der Waals surface area contributed by atoms with E-state index in [4.69, 9.17) is 9.47 Å². The highest BCUT2D eigenvalue weighted by atomic mass is 16.7. The molecule has 4 nitrogen and oxygen atoms in total. The van der Waals surface area contributed by atoms with Gasteiger partial charge in [0.15, 0.2) is 5.79 Å². The Bertz CT molecular complexity index is 288. The second-order valence-corrected chi connectivity index (χ2v) is 4.21. The monoisotopic (exact) mass is 198 g/mol. The molecular weight excluding hydrogens is 184 g/mol. The zero-order valence-electron chi connectivity index (χ0n) is 8.41. The van der Waals surface area contributed by atoms with Gasteiger partial charge in [-0.05, 0) is 13.3 Å². The summed E-state index contributed by atoms with van der Waals surface area (Å²) in [4.78, 5) is 22.4. The van der Waals surface area contributed by atoms with E-state index in [1.54, 1.807) is 0 Å². The smallest absolute Gasteiger partial charge is 0.181 e. The lowest BCUT2D eigenvalue weighted by Crippen LogP contribution is -2.43. The summed E-state index contributed by atoms with van der Waals surface area (Å²) in [5.74, 6) is -0.709. The summed E-state index contributed by atoms with van der Waals surface area (Å²) in [6.45, 7) is 1.83. The fourth-order valence-corrected chi connectivity index (χ4v) is 2.64. The van der Waals surface area contributed by atoms with Crippen LogP contribution in [0.4, 0.5) is 0 Å². The molecule has 0 aromatic heterocycles. The number of hydrogen-bond acceptors (Lipinski definition) is 4. The zero-order chi connectivity index (χ0) is 10.4. The van der Waals surface area contributed by atoms with E-state index >= 15 is 0 Å². The van der Waals surface area contributed by atoms with Gasteiger partial charge in [0.2, 0.25) is 0 Å². The number of methoxy groups -OCH3 is 1. The topological polar surface area (TPSA) is 52.6 Å². The summed E-state index contributed by atoms with van der Waals surface area (Å²) in [5, 5.41) is 0. The van der Waals surface area contributed by atoms with Crippen molar-refractivity contribution in [2.75, 3.05) is 7.11 Å². The van der Waals surface area contributed by atoms with Gasteiger partial charge in [0.1, 0.15) is 18.2 Å². The molecule has 78 valence electrons. The van der Waals surface area contributed by atoms with E-state index in [1.807, 2.05) is 6.92 Å². The number of aldehydes is 1. The summed E-state index contributed by atoms with van der Waals surface area (Å²) in [6.07, 6.45) is 1.74. The largest absolute Gasteiger partial charge is 0.352 e. The molecule has 14 heavy (non-hydrogen) atoms. The van der Waals surface area contributed by atoms with Gasteiger partial charge < -0.3 is 14.3 Å². The fraction of sp³-hybridized carbons (Fsp3) is 0.800. The normalized spacial score (nSPS) is 46.7. The van der Waals surface area contributed by atoms with Crippen molar-refractivity contribution in [1.29, 1.82) is 0 Å². The molecule has 2 aliphatic rings. The summed E-state index contributed by atoms with van der Waals surface area (Å²) in [6, 6.07) is 0. The first-order valence-corrected chi connectivity index (χ1v) is 4.79. The van der Waals surface area contributed by atoms with Crippen LogP contribution < -0.4 is 0 Å². The van der Waals surface area contributed by atoms with Gasteiger partial charge in [-0.3, -0.25) is 4.79 Å². The van der Waals surface area contributed by atoms with Gasteiger partial charge in [0.25, 0.3) is 0 Å². The molecule has 3 unspecified atom stereocenters. The van der Waals surface area contributed by atoms with Crippen molar-refractivity contribution in [3.8, 4) is 0 Å². The third-order valence-electron chi connectivity index (χ3n) is 3.57. The summed E-state index contributed by atoms with van der Waals surface area (Å²) in [5.41, 5.74) is -0.632. The number of rotatable bonds is 2. The predicted octanol–water partition coefficient (Wildman–Crippen LogP) is 0.686. The van der Waals surface area contributed by atoms with Crippen LogP contribution in [-0.2, 0) is 19.1 Å². The summed E-state index contributed by atoms with van der Waals surface area (Å²) >= 11 is 0. The number of fused-ring (bicyclic) bond motifs is 1. The molecule has 0 bridgehead atoms. The molecule has 1 saturated carbocycles. The Morgan fingerprint density at radius 1 is 1.64 bits per heavy atom. The maximum absolute atomic E-state index is 11.7. The Morgan fingerprint density at radius 2 is 2.36 bits per heavy atom. The second-order valence-electron chi connectivity index (χ2n) is 4.21. The fourth-order valence-electron chi connectivity index (χ4n) is 2.64. The molecule has 2 rings (SSSR count). The second kappa shape index (κ2) is 2.87. The van der Waals surface area contributed by atoms with Crippen LogP contribution in [-0.4, -0.2) is 31.1 Å². The minimum Gasteiger partial charge on any atom is -0.352 e. The van der Waals surface area contributed by atoms with Gasteiger partial charge in [0, 0.05) is 20.0 Å². The van der Waals surface area contributed by atoms with E-state index in [0.29, 0.717) is 19.3 Å². The van der Waals surface area contributed by atoms with Crippen molar-refractivity contribution < 1.29 is 19.1 Å². The first-order chi connectivity index (χ1) is 6.58. The predicted molar refractivity (Wildman–Crippen MR) is 47.6 cm³/mol. The molecule has 4 heteroatoms. The number of Topliss-reactive ketones (excluding diaryl/α,β-unsaturated/α-hetero) is 1. The minimum absolute atomic E-state index is 0.142. The molecule has 0 N–H and O–H groups in total. The Morgan fingerprint density at radius 3 is 2.86 bits per heavy atom. The molecule has 0 amide bonds. The van der Waals surface area contributed by atoms with Crippen LogP contribution in [0, 0.1) is 5.41 Å². The van der Waals surface area contributed by atoms with Crippen molar-refractivity contribution in [1.82, 2.24) is 0 Å². The lowest BCUT2D eigenvalue weighted by molar-refractivity contribution is -0.235. The van der Waals surface area contributed by atoms with E-state index in [1.165, 1.54) is 7.11 Å². The third kappa shape index (κ3) is 0.953. The molecule has 0 aromatic rings. The lowest BCUT2D eigenvalue weighted by atomic mass is 9.80. The number of carbonyl (C=O) groups excluding carboxylic acids is 2. The van der Waals surface area contributed by atoms with Crippen LogP contribution >= 0.6 is 0 Å². The Labute approximate surface area is 82.6 Å². The number of hydrogen-bond donors (Lipinski definition) is 0. The van der Waals surface area contributed by atoms with Gasteiger partial charge >= 0.3 is 0 Å². The zero-order valence-corrected chi connectivity index (χ0v) is 8.41. The molecule has 3 atom stereocenters. The van der Waals surface area contributed by atoms with Crippen molar-refractivity contribution in [3.05, 3.63) is 0 Å². The van der Waals surface area contributed by atoms with Gasteiger partial charge in [-0.1, -0.05) is 0 Å². The van der Waals surface area contributed by atoms with E-state index in [9.17, 15) is 9.59 Å². The highest BCUT2D eigenvalue weighted by Gasteiger charge is 2.65. The highest BCUT2D eigenvalue weighted by molar-refractivity contribution is 5.89. The van der Waals surface area contributed by atoms with E-state index in [2.05, 4.69) is 0 Å². The van der Waals surface area contributed by atoms with Crippen LogP contribution in [0.3, 0.4) is 0 Å². The average molecular weight is 198 g/mol. The van der Waals surface area contributed by atoms with Crippen LogP contribution in [0.25, 0.3) is 0 Å². The third-order valence-corrected chi connectivity index (χ3v) is 3.57. The van der Waals surface area contributed by atoms with E-state index < -0.39 is 17.3 Å². The first kappa shape index (κ1) is 9.80. The Kier molecular flexibility index (Phi) is 2.01. The molecule has 1 aliphatic heterocycles. The summed E-state index contributed by atoms with van der Waals surface area (Å²) in [7, 11) is 1.53. The van der Waals surface area contributed by atoms with Crippen LogP contribution in [0.15, 0.2) is 0 Å². The van der Waals surface area contributed by atoms with Crippen molar-refractivity contribution in [2.24, 2.45) is 5.41 Å². The van der Waals surface area contributed by atoms with Gasteiger partial charge in [-0.15, -0.1) is 0 Å². The van der Waals surface area contributed by atoms with Crippen molar-refractivity contribution >= 4 is 12.1 Å². The maximum atomic E-state index is 11.7. The van der Waals surface area contributed by atoms with Crippen molar-refractivity contribution in [3.63, 3.8) is 0 Å². The molecule has 0 aromatic carbocycles. The average Bonchev–Trinajstić information content (AvgIpc) is 2.60. The number of carbonyl (C=O) groups is 2. The van der Waals surface area contributed by atoms with Crippen molar-refractivity contribution in [2.45, 2.75) is 38.1 Å². The molecule has 0 spiro atoms. The molecule has 1 heterocycles. The van der Waals surface area contributed by atoms with E-state index in [-0.39, 0.29) is 5.78 Å². The molecule has 0 radical (unpaired) electrons. The van der Waals surface area contributed by atoms with Crippen LogP contribution in [0.5, 0.6) is 0 Å². The SMILES string of the molecule is COC12CCC(=O)C1(C)CC(C=O)O2. The number of ether oxygens (including phenoxy) is 2. The molecule has 1 saturated heterocycles. The van der Waals surface area contributed by atoms with Gasteiger partial charge in [0.05, 0.1) is 5.41 Å². The first-order valence-electron chi connectivity index (χ1n) is 4.79. The minimum atomic E-state index is -0.852. The highest BCUT2D eigenvalue weighted by Crippen LogP contribution is 2.54. The quantitative estimate of drug-likeness (QED) is 0.612. The molecule has 2 fully saturated rings. The van der Waals surface area contributed by atoms with Crippen LogP contribution in [0.1, 0.15) is 26.2 Å². The van der Waals surface area contributed by atoms with Crippen LogP contribution in [0.2, 0.25) is 0 Å². The Hall–Kier alpha value is -0.740. The Balaban J connectivity index is 2.37. The van der Waals surface area contributed by atoms with Gasteiger partial charge in [-0.25, -0.2) is 0 Å². The molecular formula is C10H14O4. The number of ketones is 1. The van der Waals surface area contributed by atoms with Gasteiger partial charge in [-0.2, -0.15) is 0 Å².